The van der Waals surface area contributed by atoms with Gasteiger partial charge in [-0.05, 0) is 19.3 Å². The molecule has 0 unspecified atom stereocenters. The minimum absolute atomic E-state index is 0.0147. The highest BCUT2D eigenvalue weighted by Gasteiger charge is 2.44. The first-order valence-corrected chi connectivity index (χ1v) is 10.5. The summed E-state index contributed by atoms with van der Waals surface area (Å²) < 4.78 is 39.4. The number of oxime groups is 1. The molecule has 0 aromatic rings. The highest BCUT2D eigenvalue weighted by Crippen LogP contribution is 2.30. The van der Waals surface area contributed by atoms with Gasteiger partial charge < -0.3 is 25.2 Å². The van der Waals surface area contributed by atoms with Crippen LogP contribution in [0.3, 0.4) is 0 Å². The second kappa shape index (κ2) is 11.3. The van der Waals surface area contributed by atoms with Crippen molar-refractivity contribution in [2.45, 2.75) is 68.9 Å². The van der Waals surface area contributed by atoms with Gasteiger partial charge in [-0.2, -0.15) is 8.42 Å². The van der Waals surface area contributed by atoms with Crippen molar-refractivity contribution in [3.63, 3.8) is 0 Å². The van der Waals surface area contributed by atoms with Crippen molar-refractivity contribution in [3.05, 3.63) is 0 Å². The summed E-state index contributed by atoms with van der Waals surface area (Å²) in [4.78, 5) is 11.3. The van der Waals surface area contributed by atoms with E-state index in [4.69, 9.17) is 9.29 Å². The minimum atomic E-state index is -4.84. The standard InChI is InChI=1S/C14H25NO10S2/c1-2-8(17)5-3-4-6-10(15-25-27(21,22)23)26-14-13(20)12(19)11(18)9(7-16)24-14/h9,11-14,16,18-20H,2-7H2,1H3,(H,21,22,23)/b15-10+/t9-,11-,12+,13-,14+/m1/s1. The Hall–Kier alpha value is -0.800. The predicted octanol–water partition coefficient (Wildman–Crippen LogP) is -0.808. The van der Waals surface area contributed by atoms with Gasteiger partial charge in [0.05, 0.1) is 6.61 Å². The van der Waals surface area contributed by atoms with E-state index in [0.717, 1.165) is 0 Å². The maximum absolute atomic E-state index is 11.3. The molecule has 1 saturated heterocycles. The van der Waals surface area contributed by atoms with Crippen molar-refractivity contribution in [1.29, 1.82) is 0 Å². The summed E-state index contributed by atoms with van der Waals surface area (Å²) in [6, 6.07) is 0. The Morgan fingerprint density at radius 1 is 1.15 bits per heavy atom. The number of rotatable bonds is 10. The second-order valence-corrected chi connectivity index (χ2v) is 8.08. The van der Waals surface area contributed by atoms with E-state index in [1.807, 2.05) is 0 Å². The number of carbonyl (C=O) groups excluding carboxylic acids is 1. The van der Waals surface area contributed by atoms with Crippen LogP contribution in [0, 0.1) is 0 Å². The zero-order valence-electron chi connectivity index (χ0n) is 14.7. The number of hydrogen-bond acceptors (Lipinski definition) is 11. The highest BCUT2D eigenvalue weighted by atomic mass is 32.3. The third-order valence-corrected chi connectivity index (χ3v) is 5.26. The maximum atomic E-state index is 11.3. The predicted molar refractivity (Wildman–Crippen MR) is 95.2 cm³/mol. The Bertz CT molecular complexity index is 609. The molecule has 5 atom stereocenters. The van der Waals surface area contributed by atoms with E-state index >= 15 is 0 Å². The smallest absolute Gasteiger partial charge is 0.394 e. The van der Waals surface area contributed by atoms with E-state index in [0.29, 0.717) is 37.4 Å². The summed E-state index contributed by atoms with van der Waals surface area (Å²) in [6.45, 7) is 1.12. The van der Waals surface area contributed by atoms with Crippen LogP contribution in [-0.2, 0) is 24.2 Å². The van der Waals surface area contributed by atoms with Crippen LogP contribution in [0.15, 0.2) is 5.16 Å². The molecule has 1 heterocycles. The van der Waals surface area contributed by atoms with E-state index in [2.05, 4.69) is 9.44 Å². The lowest BCUT2D eigenvalue weighted by atomic mass is 10.0. The summed E-state index contributed by atoms with van der Waals surface area (Å²) in [5.41, 5.74) is -1.18. The van der Waals surface area contributed by atoms with E-state index in [-0.39, 0.29) is 17.2 Å². The van der Waals surface area contributed by atoms with Gasteiger partial charge in [0.25, 0.3) is 0 Å². The summed E-state index contributed by atoms with van der Waals surface area (Å²) in [6.07, 6.45) is -3.98. The molecule has 5 N–H and O–H groups in total. The lowest BCUT2D eigenvalue weighted by molar-refractivity contribution is -0.205. The van der Waals surface area contributed by atoms with Gasteiger partial charge in [-0.1, -0.05) is 23.8 Å². The molecule has 0 radical (unpaired) electrons. The molecule has 1 aliphatic heterocycles. The molecule has 1 aliphatic rings. The van der Waals surface area contributed by atoms with Crippen molar-refractivity contribution in [2.75, 3.05) is 6.61 Å². The number of carbonyl (C=O) groups is 1. The van der Waals surface area contributed by atoms with E-state index in [9.17, 15) is 33.6 Å². The van der Waals surface area contributed by atoms with Gasteiger partial charge in [-0.25, -0.2) is 4.28 Å². The van der Waals surface area contributed by atoms with Crippen molar-refractivity contribution >= 4 is 33.0 Å². The monoisotopic (exact) mass is 431 g/mol. The van der Waals surface area contributed by atoms with Gasteiger partial charge in [0.15, 0.2) is 0 Å². The molecule has 0 saturated carbocycles. The fraction of sp³-hybridized carbons (Fsp3) is 0.857. The molecule has 158 valence electrons. The first-order valence-electron chi connectivity index (χ1n) is 8.30. The van der Waals surface area contributed by atoms with Crippen LogP contribution < -0.4 is 0 Å². The Morgan fingerprint density at radius 3 is 2.33 bits per heavy atom. The number of ether oxygens (including phenoxy) is 1. The summed E-state index contributed by atoms with van der Waals surface area (Å²) in [5.74, 6) is 0.0734. The van der Waals surface area contributed by atoms with Gasteiger partial charge in [0.2, 0.25) is 0 Å². The SMILES string of the molecule is CCC(=O)CCCC/C(=N\OS(=O)(=O)O)S[C@@H]1O[C@H](CO)[C@@H](O)[C@H](O)[C@H]1O. The molecule has 11 nitrogen and oxygen atoms in total. The molecule has 1 fully saturated rings. The largest absolute Gasteiger partial charge is 0.466 e. The van der Waals surface area contributed by atoms with Gasteiger partial charge in [-0.15, -0.1) is 0 Å². The normalized spacial score (nSPS) is 29.6. The van der Waals surface area contributed by atoms with Crippen LogP contribution >= 0.6 is 11.8 Å². The number of ketones is 1. The number of hydrogen-bond donors (Lipinski definition) is 5. The third kappa shape index (κ3) is 8.39. The van der Waals surface area contributed by atoms with Crippen molar-refractivity contribution in [3.8, 4) is 0 Å². The van der Waals surface area contributed by atoms with Gasteiger partial charge in [0, 0.05) is 12.8 Å². The topological polar surface area (TPSA) is 183 Å². The number of thioether (sulfide) groups is 1. The quantitative estimate of drug-likeness (QED) is 0.0958. The number of aliphatic hydroxyl groups is 4. The molecule has 0 amide bonds. The molecule has 27 heavy (non-hydrogen) atoms. The molecule has 0 aromatic carbocycles. The number of aliphatic hydroxyl groups excluding tert-OH is 4. The first-order chi connectivity index (χ1) is 12.6. The number of unbranched alkanes of at least 4 members (excludes halogenated alkanes) is 1. The first kappa shape index (κ1) is 24.2. The lowest BCUT2D eigenvalue weighted by Gasteiger charge is -2.39. The summed E-state index contributed by atoms with van der Waals surface area (Å²) in [7, 11) is -4.84. The van der Waals surface area contributed by atoms with E-state index < -0.39 is 46.9 Å². The van der Waals surface area contributed by atoms with Crippen LogP contribution in [0.25, 0.3) is 0 Å². The lowest BCUT2D eigenvalue weighted by Crippen LogP contribution is -2.57. The highest BCUT2D eigenvalue weighted by molar-refractivity contribution is 8.14. The zero-order chi connectivity index (χ0) is 20.6. The van der Waals surface area contributed by atoms with Crippen LogP contribution in [0.1, 0.15) is 39.0 Å². The Morgan fingerprint density at radius 2 is 1.78 bits per heavy atom. The van der Waals surface area contributed by atoms with Gasteiger partial charge in [0.1, 0.15) is 40.7 Å². The summed E-state index contributed by atoms with van der Waals surface area (Å²) in [5, 5.41) is 42.1. The average molecular weight is 431 g/mol. The van der Waals surface area contributed by atoms with Crippen LogP contribution in [0.4, 0.5) is 0 Å². The van der Waals surface area contributed by atoms with Crippen LogP contribution in [0.2, 0.25) is 0 Å². The maximum Gasteiger partial charge on any atom is 0.466 e. The molecule has 0 spiro atoms. The number of nitrogens with zero attached hydrogens (tertiary/aromatic N) is 1. The van der Waals surface area contributed by atoms with Gasteiger partial charge in [-0.3, -0.25) is 9.35 Å². The molecule has 0 aromatic heterocycles. The van der Waals surface area contributed by atoms with Crippen molar-refractivity contribution in [2.24, 2.45) is 5.16 Å². The third-order valence-electron chi connectivity index (χ3n) is 3.82. The minimum Gasteiger partial charge on any atom is -0.394 e. The molecular formula is C14H25NO10S2. The van der Waals surface area contributed by atoms with Crippen molar-refractivity contribution < 1.29 is 47.2 Å². The average Bonchev–Trinajstić information content (AvgIpc) is 2.62. The van der Waals surface area contributed by atoms with E-state index in [1.165, 1.54) is 0 Å². The molecular weight excluding hydrogens is 406 g/mol. The molecule has 0 aliphatic carbocycles. The molecule has 1 rings (SSSR count). The number of Topliss-reactive ketones (excluding diaryl/α,β-unsaturated/α-hetero) is 1. The molecule has 13 heteroatoms. The Labute approximate surface area is 161 Å². The second-order valence-electron chi connectivity index (χ2n) is 5.90. The fourth-order valence-electron chi connectivity index (χ4n) is 2.29. The summed E-state index contributed by atoms with van der Waals surface area (Å²) >= 11 is 0.714. The van der Waals surface area contributed by atoms with Crippen molar-refractivity contribution in [1.82, 2.24) is 0 Å². The van der Waals surface area contributed by atoms with Crippen LogP contribution in [-0.4, -0.2) is 80.7 Å². The Balaban J connectivity index is 2.78. The fourth-order valence-corrected chi connectivity index (χ4v) is 3.63. The molecule has 0 bridgehead atoms. The Kier molecular flexibility index (Phi) is 10.1. The van der Waals surface area contributed by atoms with E-state index in [1.54, 1.807) is 6.92 Å². The van der Waals surface area contributed by atoms with Gasteiger partial charge >= 0.3 is 10.4 Å². The zero-order valence-corrected chi connectivity index (χ0v) is 16.3. The van der Waals surface area contributed by atoms with Crippen LogP contribution in [0.5, 0.6) is 0 Å².